The van der Waals surface area contributed by atoms with Gasteiger partial charge in [-0.3, -0.25) is 14.2 Å². The van der Waals surface area contributed by atoms with E-state index >= 15 is 0 Å². The number of anilines is 1. The van der Waals surface area contributed by atoms with E-state index in [1.807, 2.05) is 51.8 Å². The van der Waals surface area contributed by atoms with Crippen LogP contribution in [-0.4, -0.2) is 32.0 Å². The third-order valence-electron chi connectivity index (χ3n) is 5.84. The Bertz CT molecular complexity index is 988. The molecule has 27 heavy (non-hydrogen) atoms. The van der Waals surface area contributed by atoms with Crippen LogP contribution in [0.15, 0.2) is 42.7 Å². The highest BCUT2D eigenvalue weighted by molar-refractivity contribution is 6.06. The summed E-state index contributed by atoms with van der Waals surface area (Å²) in [6, 6.07) is 10.3. The molecular formula is C21H23N5O. The number of para-hydroxylation sites is 1. The molecule has 2 aliphatic rings. The maximum Gasteiger partial charge on any atom is 0.279 e. The van der Waals surface area contributed by atoms with Gasteiger partial charge in [0.15, 0.2) is 5.69 Å². The Labute approximate surface area is 158 Å². The molecule has 3 aromatic rings. The number of hydrogen-bond acceptors (Lipinski definition) is 3. The fraction of sp³-hybridized carbons (Fsp3) is 0.381. The summed E-state index contributed by atoms with van der Waals surface area (Å²) < 4.78 is 3.87. The van der Waals surface area contributed by atoms with Gasteiger partial charge >= 0.3 is 0 Å². The van der Waals surface area contributed by atoms with Crippen LogP contribution in [0.2, 0.25) is 0 Å². The van der Waals surface area contributed by atoms with Gasteiger partial charge in [0, 0.05) is 42.9 Å². The molecule has 1 aliphatic heterocycles. The molecule has 1 atom stereocenters. The van der Waals surface area contributed by atoms with Crippen LogP contribution in [0, 0.1) is 0 Å². The quantitative estimate of drug-likeness (QED) is 0.705. The van der Waals surface area contributed by atoms with Crippen LogP contribution in [0.3, 0.4) is 0 Å². The fourth-order valence-corrected chi connectivity index (χ4v) is 4.51. The zero-order valence-corrected chi connectivity index (χ0v) is 15.5. The molecular weight excluding hydrogens is 338 g/mol. The normalized spacial score (nSPS) is 18.9. The molecule has 3 heterocycles. The summed E-state index contributed by atoms with van der Waals surface area (Å²) in [5.74, 6) is 0.0121. The van der Waals surface area contributed by atoms with E-state index in [-0.39, 0.29) is 11.9 Å². The third kappa shape index (κ3) is 2.67. The number of benzene rings is 1. The van der Waals surface area contributed by atoms with E-state index in [4.69, 9.17) is 0 Å². The molecule has 1 unspecified atom stereocenters. The highest BCUT2D eigenvalue weighted by Gasteiger charge is 2.33. The lowest BCUT2D eigenvalue weighted by molar-refractivity contribution is 0.0973. The summed E-state index contributed by atoms with van der Waals surface area (Å²) in [4.78, 5) is 15.5. The van der Waals surface area contributed by atoms with E-state index in [9.17, 15) is 4.79 Å². The van der Waals surface area contributed by atoms with Gasteiger partial charge in [0.05, 0.1) is 6.04 Å². The van der Waals surface area contributed by atoms with Gasteiger partial charge in [0.25, 0.3) is 5.91 Å². The minimum Gasteiger partial charge on any atom is -0.305 e. The van der Waals surface area contributed by atoms with Crippen molar-refractivity contribution in [3.63, 3.8) is 0 Å². The molecule has 0 fully saturated rings. The van der Waals surface area contributed by atoms with Gasteiger partial charge in [0.2, 0.25) is 0 Å². The predicted octanol–water partition coefficient (Wildman–Crippen LogP) is 2.94. The van der Waals surface area contributed by atoms with E-state index in [0.717, 1.165) is 36.9 Å². The Balaban J connectivity index is 1.56. The van der Waals surface area contributed by atoms with Crippen molar-refractivity contribution in [2.24, 2.45) is 7.05 Å². The number of rotatable bonds is 2. The summed E-state index contributed by atoms with van der Waals surface area (Å²) in [6.45, 7) is 0.614. The van der Waals surface area contributed by atoms with Crippen LogP contribution in [0.1, 0.15) is 46.2 Å². The van der Waals surface area contributed by atoms with Crippen molar-refractivity contribution in [3.05, 3.63) is 65.2 Å². The van der Waals surface area contributed by atoms with Crippen LogP contribution in [-0.2, 0) is 26.3 Å². The molecule has 6 nitrogen and oxygen atoms in total. The summed E-state index contributed by atoms with van der Waals surface area (Å²) in [5, 5.41) is 9.04. The van der Waals surface area contributed by atoms with Gasteiger partial charge in [-0.25, -0.2) is 0 Å². The first-order valence-electron chi connectivity index (χ1n) is 9.66. The monoisotopic (exact) mass is 361 g/mol. The molecule has 5 rings (SSSR count). The SMILES string of the molecule is Cn1nc(C(=O)N2CC(n3cccn3)Cc3ccccc32)c2c1CCCC2. The minimum atomic E-state index is 0.0121. The molecule has 0 saturated heterocycles. The number of amides is 1. The van der Waals surface area contributed by atoms with Gasteiger partial charge in [-0.05, 0) is 49.8 Å². The summed E-state index contributed by atoms with van der Waals surface area (Å²) in [5.41, 5.74) is 5.18. The zero-order chi connectivity index (χ0) is 18.4. The van der Waals surface area contributed by atoms with Crippen LogP contribution in [0.25, 0.3) is 0 Å². The standard InChI is InChI=1S/C21H23N5O/c1-24-19-10-5-3-8-17(19)20(23-24)21(27)25-14-16(26-12-6-11-22-26)13-15-7-2-4-9-18(15)25/h2,4,6-7,9,11-12,16H,3,5,8,10,13-14H2,1H3. The van der Waals surface area contributed by atoms with Crippen molar-refractivity contribution in [1.29, 1.82) is 0 Å². The highest BCUT2D eigenvalue weighted by atomic mass is 16.2. The smallest absolute Gasteiger partial charge is 0.279 e. The fourth-order valence-electron chi connectivity index (χ4n) is 4.51. The Morgan fingerprint density at radius 2 is 2.00 bits per heavy atom. The summed E-state index contributed by atoms with van der Waals surface area (Å²) in [7, 11) is 1.96. The Hall–Kier alpha value is -2.89. The number of carbonyl (C=O) groups is 1. The number of fused-ring (bicyclic) bond motifs is 2. The highest BCUT2D eigenvalue weighted by Crippen LogP contribution is 2.34. The second-order valence-electron chi connectivity index (χ2n) is 7.49. The van der Waals surface area contributed by atoms with Crippen molar-refractivity contribution >= 4 is 11.6 Å². The second-order valence-corrected chi connectivity index (χ2v) is 7.49. The van der Waals surface area contributed by atoms with Crippen LogP contribution in [0.5, 0.6) is 0 Å². The van der Waals surface area contributed by atoms with Crippen molar-refractivity contribution < 1.29 is 4.79 Å². The molecule has 0 N–H and O–H groups in total. The topological polar surface area (TPSA) is 56.0 Å². The molecule has 0 bridgehead atoms. The van der Waals surface area contributed by atoms with Gasteiger partial charge in [-0.1, -0.05) is 18.2 Å². The third-order valence-corrected chi connectivity index (χ3v) is 5.84. The molecule has 1 aromatic carbocycles. The lowest BCUT2D eigenvalue weighted by Gasteiger charge is -2.34. The van der Waals surface area contributed by atoms with Crippen LogP contribution >= 0.6 is 0 Å². The van der Waals surface area contributed by atoms with Crippen molar-refractivity contribution in [2.45, 2.75) is 38.1 Å². The van der Waals surface area contributed by atoms with E-state index in [1.54, 1.807) is 6.20 Å². The summed E-state index contributed by atoms with van der Waals surface area (Å²) >= 11 is 0. The molecule has 0 spiro atoms. The molecule has 2 aromatic heterocycles. The number of aryl methyl sites for hydroxylation is 1. The minimum absolute atomic E-state index is 0.0121. The predicted molar refractivity (Wildman–Crippen MR) is 103 cm³/mol. The number of carbonyl (C=O) groups excluding carboxylic acids is 1. The molecule has 1 aliphatic carbocycles. The molecule has 6 heteroatoms. The van der Waals surface area contributed by atoms with Gasteiger partial charge in [-0.15, -0.1) is 0 Å². The number of nitrogens with zero attached hydrogens (tertiary/aromatic N) is 5. The van der Waals surface area contributed by atoms with E-state index < -0.39 is 0 Å². The van der Waals surface area contributed by atoms with E-state index in [1.165, 1.54) is 17.7 Å². The van der Waals surface area contributed by atoms with E-state index in [2.05, 4.69) is 16.3 Å². The van der Waals surface area contributed by atoms with E-state index in [0.29, 0.717) is 12.2 Å². The zero-order valence-electron chi connectivity index (χ0n) is 15.5. The molecule has 0 saturated carbocycles. The first-order valence-corrected chi connectivity index (χ1v) is 9.66. The Kier molecular flexibility index (Phi) is 3.85. The van der Waals surface area contributed by atoms with Crippen molar-refractivity contribution in [1.82, 2.24) is 19.6 Å². The molecule has 0 radical (unpaired) electrons. The Morgan fingerprint density at radius 1 is 1.15 bits per heavy atom. The summed E-state index contributed by atoms with van der Waals surface area (Å²) in [6.07, 6.45) is 8.91. The maximum atomic E-state index is 13.6. The first kappa shape index (κ1) is 16.3. The number of hydrogen-bond donors (Lipinski definition) is 0. The lowest BCUT2D eigenvalue weighted by Crippen LogP contribution is -2.41. The van der Waals surface area contributed by atoms with Gasteiger partial charge < -0.3 is 4.90 Å². The average Bonchev–Trinajstić information content (AvgIpc) is 3.36. The number of aromatic nitrogens is 4. The average molecular weight is 361 g/mol. The van der Waals surface area contributed by atoms with Crippen molar-refractivity contribution in [3.8, 4) is 0 Å². The van der Waals surface area contributed by atoms with Gasteiger partial charge in [0.1, 0.15) is 0 Å². The first-order chi connectivity index (χ1) is 13.2. The lowest BCUT2D eigenvalue weighted by atomic mass is 9.94. The van der Waals surface area contributed by atoms with Crippen LogP contribution < -0.4 is 4.90 Å². The van der Waals surface area contributed by atoms with Crippen LogP contribution in [0.4, 0.5) is 5.69 Å². The van der Waals surface area contributed by atoms with Crippen molar-refractivity contribution in [2.75, 3.05) is 11.4 Å². The maximum absolute atomic E-state index is 13.6. The molecule has 1 amide bonds. The molecule has 138 valence electrons. The second kappa shape index (κ2) is 6.37. The Morgan fingerprint density at radius 3 is 2.85 bits per heavy atom. The largest absolute Gasteiger partial charge is 0.305 e. The van der Waals surface area contributed by atoms with Gasteiger partial charge in [-0.2, -0.15) is 10.2 Å².